The Labute approximate surface area is 164 Å². The van der Waals surface area contributed by atoms with Gasteiger partial charge in [0.15, 0.2) is 0 Å². The highest BCUT2D eigenvalue weighted by Crippen LogP contribution is 2.37. The molecular weight excluding hydrogens is 352 g/mol. The van der Waals surface area contributed by atoms with Crippen molar-refractivity contribution in [1.82, 2.24) is 0 Å². The number of hydrogen-bond donors (Lipinski definition) is 1. The number of fused-ring (bicyclic) bond motifs is 1. The Bertz CT molecular complexity index is 945. The number of aryl methyl sites for hydroxylation is 2. The lowest BCUT2D eigenvalue weighted by Crippen LogP contribution is -2.30. The van der Waals surface area contributed by atoms with Crippen LogP contribution in [0.1, 0.15) is 34.3 Å². The standard InChI is InChI=1S/C23H22N2O3/c1-14-11-15(2)13-17(12-14)24-21(26)16-7-9-18(10-8-16)25-22(27)19-5-3-4-6-20(19)23(25)28/h3-4,7-13,19-20H,5-6H2,1-2H3,(H,24,26)/t19-,20-/m0/s1. The van der Waals surface area contributed by atoms with E-state index in [-0.39, 0.29) is 29.6 Å². The van der Waals surface area contributed by atoms with Gasteiger partial charge in [0.25, 0.3) is 5.91 Å². The largest absolute Gasteiger partial charge is 0.322 e. The van der Waals surface area contributed by atoms with E-state index in [2.05, 4.69) is 5.32 Å². The van der Waals surface area contributed by atoms with Crippen molar-refractivity contribution in [2.75, 3.05) is 10.2 Å². The van der Waals surface area contributed by atoms with Gasteiger partial charge in [0, 0.05) is 11.3 Å². The zero-order valence-electron chi connectivity index (χ0n) is 15.9. The molecular formula is C23H22N2O3. The molecule has 28 heavy (non-hydrogen) atoms. The number of nitrogens with one attached hydrogen (secondary N) is 1. The van der Waals surface area contributed by atoms with Crippen molar-refractivity contribution in [1.29, 1.82) is 0 Å². The van der Waals surface area contributed by atoms with Gasteiger partial charge in [0.05, 0.1) is 17.5 Å². The molecule has 0 aromatic heterocycles. The molecule has 0 spiro atoms. The van der Waals surface area contributed by atoms with Crippen molar-refractivity contribution in [2.24, 2.45) is 11.8 Å². The number of rotatable bonds is 3. The van der Waals surface area contributed by atoms with E-state index in [0.29, 0.717) is 24.1 Å². The van der Waals surface area contributed by atoms with Crippen LogP contribution in [0.25, 0.3) is 0 Å². The molecule has 1 aliphatic heterocycles. The van der Waals surface area contributed by atoms with Gasteiger partial charge in [0.2, 0.25) is 11.8 Å². The Balaban J connectivity index is 1.52. The Hall–Kier alpha value is -3.21. The molecule has 1 fully saturated rings. The topological polar surface area (TPSA) is 66.5 Å². The lowest BCUT2D eigenvalue weighted by atomic mass is 9.85. The second-order valence-electron chi connectivity index (χ2n) is 7.55. The fourth-order valence-electron chi connectivity index (χ4n) is 4.07. The highest BCUT2D eigenvalue weighted by atomic mass is 16.2. The number of hydrogen-bond acceptors (Lipinski definition) is 3. The van der Waals surface area contributed by atoms with Crippen LogP contribution in [-0.2, 0) is 9.59 Å². The molecule has 142 valence electrons. The summed E-state index contributed by atoms with van der Waals surface area (Å²) in [5.74, 6) is -1.04. The first-order valence-electron chi connectivity index (χ1n) is 9.46. The van der Waals surface area contributed by atoms with Crippen LogP contribution in [0.15, 0.2) is 54.6 Å². The third kappa shape index (κ3) is 3.24. The van der Waals surface area contributed by atoms with E-state index in [1.54, 1.807) is 24.3 Å². The van der Waals surface area contributed by atoms with Gasteiger partial charge >= 0.3 is 0 Å². The average Bonchev–Trinajstić information content (AvgIpc) is 2.92. The molecule has 1 aliphatic carbocycles. The summed E-state index contributed by atoms with van der Waals surface area (Å²) in [6.07, 6.45) is 5.16. The third-order valence-corrected chi connectivity index (χ3v) is 5.37. The summed E-state index contributed by atoms with van der Waals surface area (Å²) in [6.45, 7) is 3.96. The maximum absolute atomic E-state index is 12.7. The maximum atomic E-state index is 12.7. The van der Waals surface area contributed by atoms with Gasteiger partial charge in [-0.15, -0.1) is 0 Å². The van der Waals surface area contributed by atoms with Crippen LogP contribution in [-0.4, -0.2) is 17.7 Å². The predicted octanol–water partition coefficient (Wildman–Crippen LogP) is 4.01. The van der Waals surface area contributed by atoms with Crippen LogP contribution in [0.5, 0.6) is 0 Å². The van der Waals surface area contributed by atoms with Crippen molar-refractivity contribution in [3.05, 3.63) is 71.3 Å². The van der Waals surface area contributed by atoms with Gasteiger partial charge in [-0.1, -0.05) is 18.2 Å². The molecule has 1 saturated heterocycles. The first kappa shape index (κ1) is 18.2. The van der Waals surface area contributed by atoms with E-state index in [0.717, 1.165) is 16.8 Å². The van der Waals surface area contributed by atoms with Gasteiger partial charge in [-0.25, -0.2) is 0 Å². The van der Waals surface area contributed by atoms with Crippen molar-refractivity contribution in [2.45, 2.75) is 26.7 Å². The summed E-state index contributed by atoms with van der Waals surface area (Å²) in [6, 6.07) is 12.5. The van der Waals surface area contributed by atoms with E-state index >= 15 is 0 Å². The first-order valence-corrected chi connectivity index (χ1v) is 9.46. The van der Waals surface area contributed by atoms with Crippen molar-refractivity contribution >= 4 is 29.1 Å². The van der Waals surface area contributed by atoms with E-state index in [1.807, 2.05) is 44.2 Å². The van der Waals surface area contributed by atoms with Crippen LogP contribution in [0.3, 0.4) is 0 Å². The second-order valence-corrected chi connectivity index (χ2v) is 7.55. The van der Waals surface area contributed by atoms with Gasteiger partial charge in [0.1, 0.15) is 0 Å². The molecule has 1 heterocycles. The molecule has 5 heteroatoms. The molecule has 2 aromatic carbocycles. The summed E-state index contributed by atoms with van der Waals surface area (Å²) < 4.78 is 0. The maximum Gasteiger partial charge on any atom is 0.255 e. The van der Waals surface area contributed by atoms with Crippen LogP contribution < -0.4 is 10.2 Å². The van der Waals surface area contributed by atoms with E-state index < -0.39 is 0 Å². The number of carbonyl (C=O) groups is 3. The summed E-state index contributed by atoms with van der Waals surface area (Å²) in [5, 5.41) is 2.89. The molecule has 1 N–H and O–H groups in total. The van der Waals surface area contributed by atoms with E-state index in [9.17, 15) is 14.4 Å². The zero-order chi connectivity index (χ0) is 19.8. The monoisotopic (exact) mass is 374 g/mol. The van der Waals surface area contributed by atoms with E-state index in [1.165, 1.54) is 4.90 Å². The minimum Gasteiger partial charge on any atom is -0.322 e. The lowest BCUT2D eigenvalue weighted by molar-refractivity contribution is -0.122. The average molecular weight is 374 g/mol. The Morgan fingerprint density at radius 1 is 0.893 bits per heavy atom. The molecule has 5 nitrogen and oxygen atoms in total. The Kier molecular flexibility index (Phi) is 4.59. The number of amides is 3. The number of benzene rings is 2. The van der Waals surface area contributed by atoms with Crippen molar-refractivity contribution in [3.8, 4) is 0 Å². The smallest absolute Gasteiger partial charge is 0.255 e. The summed E-state index contributed by atoms with van der Waals surface area (Å²) >= 11 is 0. The minimum absolute atomic E-state index is 0.146. The first-order chi connectivity index (χ1) is 13.4. The van der Waals surface area contributed by atoms with Crippen LogP contribution in [0.4, 0.5) is 11.4 Å². The number of anilines is 2. The fraction of sp³-hybridized carbons (Fsp3) is 0.261. The van der Waals surface area contributed by atoms with Crippen molar-refractivity contribution in [3.63, 3.8) is 0 Å². The summed E-state index contributed by atoms with van der Waals surface area (Å²) in [7, 11) is 0. The van der Waals surface area contributed by atoms with Gasteiger partial charge in [-0.3, -0.25) is 19.3 Å². The molecule has 0 saturated carbocycles. The predicted molar refractivity (Wildman–Crippen MR) is 108 cm³/mol. The SMILES string of the molecule is Cc1cc(C)cc(NC(=O)c2ccc(N3C(=O)[C@H]4CC=CC[C@@H]4C3=O)cc2)c1. The number of carbonyl (C=O) groups excluding carboxylic acids is 3. The zero-order valence-corrected chi connectivity index (χ0v) is 15.9. The molecule has 0 unspecified atom stereocenters. The summed E-state index contributed by atoms with van der Waals surface area (Å²) in [5.41, 5.74) is 3.89. The fourth-order valence-corrected chi connectivity index (χ4v) is 4.07. The van der Waals surface area contributed by atoms with Crippen LogP contribution in [0.2, 0.25) is 0 Å². The number of imide groups is 1. The highest BCUT2D eigenvalue weighted by Gasteiger charge is 2.47. The van der Waals surface area contributed by atoms with Gasteiger partial charge in [-0.2, -0.15) is 0 Å². The molecule has 2 aromatic rings. The molecule has 0 bridgehead atoms. The molecule has 0 radical (unpaired) electrons. The minimum atomic E-state index is -0.259. The second kappa shape index (κ2) is 7.08. The van der Waals surface area contributed by atoms with Gasteiger partial charge in [-0.05, 0) is 74.2 Å². The Morgan fingerprint density at radius 2 is 1.43 bits per heavy atom. The highest BCUT2D eigenvalue weighted by molar-refractivity contribution is 6.22. The molecule has 2 aliphatic rings. The number of nitrogens with zero attached hydrogens (tertiary/aromatic N) is 1. The van der Waals surface area contributed by atoms with Crippen LogP contribution in [0, 0.1) is 25.7 Å². The molecule has 3 amide bonds. The lowest BCUT2D eigenvalue weighted by Gasteiger charge is -2.15. The Morgan fingerprint density at radius 3 is 1.96 bits per heavy atom. The van der Waals surface area contributed by atoms with Crippen LogP contribution >= 0.6 is 0 Å². The normalized spacial score (nSPS) is 21.0. The molecule has 2 atom stereocenters. The molecule has 4 rings (SSSR count). The third-order valence-electron chi connectivity index (χ3n) is 5.37. The quantitative estimate of drug-likeness (QED) is 0.652. The summed E-state index contributed by atoms with van der Waals surface area (Å²) in [4.78, 5) is 39.1. The van der Waals surface area contributed by atoms with Crippen molar-refractivity contribution < 1.29 is 14.4 Å². The van der Waals surface area contributed by atoms with Gasteiger partial charge < -0.3 is 5.32 Å². The van der Waals surface area contributed by atoms with E-state index in [4.69, 9.17) is 0 Å². The number of allylic oxidation sites excluding steroid dienone is 2.